The van der Waals surface area contributed by atoms with Crippen molar-refractivity contribution in [3.8, 4) is 5.75 Å². The highest BCUT2D eigenvalue weighted by molar-refractivity contribution is 5.42. The minimum absolute atomic E-state index is 0.434. The lowest BCUT2D eigenvalue weighted by Crippen LogP contribution is -2.17. The highest BCUT2D eigenvalue weighted by Gasteiger charge is 2.30. The normalized spacial score (nSPS) is 24.4. The number of rotatable bonds is 2. The maximum absolute atomic E-state index is 5.61. The van der Waals surface area contributed by atoms with E-state index in [4.69, 9.17) is 4.74 Å². The van der Waals surface area contributed by atoms with Crippen LogP contribution in [0.2, 0.25) is 0 Å². The predicted octanol–water partition coefficient (Wildman–Crippen LogP) is 3.44. The molecule has 2 aliphatic heterocycles. The molecule has 0 aliphatic carbocycles. The fourth-order valence-electron chi connectivity index (χ4n) is 3.51. The molecule has 0 saturated carbocycles. The Labute approximate surface area is 119 Å². The van der Waals surface area contributed by atoms with Gasteiger partial charge in [-0.1, -0.05) is 42.5 Å². The fraction of sp³-hybridized carbons (Fsp3) is 0.333. The van der Waals surface area contributed by atoms with Crippen LogP contribution in [0.3, 0.4) is 0 Å². The smallest absolute Gasteiger partial charge is 0.122 e. The Balaban J connectivity index is 1.67. The van der Waals surface area contributed by atoms with E-state index in [-0.39, 0.29) is 0 Å². The molecule has 2 heteroatoms. The standard InChI is InChI=1S/C18H19NO/c1-2-4-13(5-3-1)16-8-10-19-18(16)15-6-7-17-14(12-15)9-11-20-17/h1-7,12,16,18-19H,8-11H2. The van der Waals surface area contributed by atoms with E-state index in [2.05, 4.69) is 53.8 Å². The van der Waals surface area contributed by atoms with Crippen molar-refractivity contribution < 1.29 is 4.74 Å². The Morgan fingerprint density at radius 2 is 1.90 bits per heavy atom. The molecular formula is C18H19NO. The van der Waals surface area contributed by atoms with E-state index in [9.17, 15) is 0 Å². The second-order valence-electron chi connectivity index (χ2n) is 5.70. The fourth-order valence-corrected chi connectivity index (χ4v) is 3.51. The third-order valence-electron chi connectivity index (χ3n) is 4.52. The summed E-state index contributed by atoms with van der Waals surface area (Å²) in [6.07, 6.45) is 2.26. The molecule has 2 heterocycles. The lowest BCUT2D eigenvalue weighted by atomic mass is 9.87. The highest BCUT2D eigenvalue weighted by Crippen LogP contribution is 2.39. The molecule has 0 aromatic heterocycles. The summed E-state index contributed by atoms with van der Waals surface area (Å²) >= 11 is 0. The molecule has 1 fully saturated rings. The van der Waals surface area contributed by atoms with Gasteiger partial charge in [0.1, 0.15) is 5.75 Å². The number of nitrogens with one attached hydrogen (secondary N) is 1. The molecule has 2 unspecified atom stereocenters. The molecule has 20 heavy (non-hydrogen) atoms. The molecule has 2 aliphatic rings. The molecular weight excluding hydrogens is 246 g/mol. The summed E-state index contributed by atoms with van der Waals surface area (Å²) in [5.41, 5.74) is 4.21. The summed E-state index contributed by atoms with van der Waals surface area (Å²) in [6, 6.07) is 18.0. The Kier molecular flexibility index (Phi) is 2.96. The zero-order valence-corrected chi connectivity index (χ0v) is 11.5. The molecule has 0 radical (unpaired) electrons. The van der Waals surface area contributed by atoms with Gasteiger partial charge in [-0.2, -0.15) is 0 Å². The first kappa shape index (κ1) is 12.0. The van der Waals surface area contributed by atoms with Gasteiger partial charge in [-0.25, -0.2) is 0 Å². The van der Waals surface area contributed by atoms with Crippen molar-refractivity contribution in [1.82, 2.24) is 5.32 Å². The molecule has 2 nitrogen and oxygen atoms in total. The van der Waals surface area contributed by atoms with Crippen molar-refractivity contribution in [2.45, 2.75) is 24.8 Å². The molecule has 2 aromatic carbocycles. The third kappa shape index (κ3) is 2.01. The molecule has 1 N–H and O–H groups in total. The second kappa shape index (κ2) is 4.95. The van der Waals surface area contributed by atoms with Gasteiger partial charge < -0.3 is 10.1 Å². The molecule has 0 amide bonds. The predicted molar refractivity (Wildman–Crippen MR) is 80.2 cm³/mol. The summed E-state index contributed by atoms with van der Waals surface area (Å²) in [4.78, 5) is 0. The average Bonchev–Trinajstić information content (AvgIpc) is 3.16. The summed E-state index contributed by atoms with van der Waals surface area (Å²) in [5, 5.41) is 3.67. The van der Waals surface area contributed by atoms with Crippen molar-refractivity contribution in [2.75, 3.05) is 13.2 Å². The van der Waals surface area contributed by atoms with Crippen molar-refractivity contribution in [2.24, 2.45) is 0 Å². The number of fused-ring (bicyclic) bond motifs is 1. The SMILES string of the molecule is c1ccc(C2CCNC2c2ccc3c(c2)CCO3)cc1. The zero-order chi connectivity index (χ0) is 13.4. The number of hydrogen-bond acceptors (Lipinski definition) is 2. The van der Waals surface area contributed by atoms with E-state index in [1.165, 1.54) is 23.1 Å². The van der Waals surface area contributed by atoms with Crippen LogP contribution < -0.4 is 10.1 Å². The molecule has 0 spiro atoms. The lowest BCUT2D eigenvalue weighted by molar-refractivity contribution is 0.356. The minimum atomic E-state index is 0.434. The summed E-state index contributed by atoms with van der Waals surface area (Å²) in [6.45, 7) is 1.93. The van der Waals surface area contributed by atoms with Gasteiger partial charge in [0.15, 0.2) is 0 Å². The van der Waals surface area contributed by atoms with Crippen molar-refractivity contribution in [3.05, 3.63) is 65.2 Å². The van der Waals surface area contributed by atoms with E-state index in [0.29, 0.717) is 12.0 Å². The minimum Gasteiger partial charge on any atom is -0.493 e. The van der Waals surface area contributed by atoms with Crippen LogP contribution in [0.25, 0.3) is 0 Å². The van der Waals surface area contributed by atoms with Crippen molar-refractivity contribution in [1.29, 1.82) is 0 Å². The first-order valence-corrected chi connectivity index (χ1v) is 7.46. The Morgan fingerprint density at radius 1 is 1.00 bits per heavy atom. The van der Waals surface area contributed by atoms with Crippen LogP contribution in [0.1, 0.15) is 35.1 Å². The summed E-state index contributed by atoms with van der Waals surface area (Å²) in [7, 11) is 0. The van der Waals surface area contributed by atoms with Crippen LogP contribution in [0.15, 0.2) is 48.5 Å². The number of benzene rings is 2. The Morgan fingerprint density at radius 3 is 2.80 bits per heavy atom. The molecule has 0 bridgehead atoms. The average molecular weight is 265 g/mol. The Bertz CT molecular complexity index is 608. The van der Waals surface area contributed by atoms with Gasteiger partial charge >= 0.3 is 0 Å². The molecule has 2 atom stereocenters. The summed E-state index contributed by atoms with van der Waals surface area (Å²) in [5.74, 6) is 1.65. The van der Waals surface area contributed by atoms with E-state index in [1.54, 1.807) is 0 Å². The molecule has 1 saturated heterocycles. The van der Waals surface area contributed by atoms with Gasteiger partial charge in [-0.15, -0.1) is 0 Å². The van der Waals surface area contributed by atoms with E-state index in [0.717, 1.165) is 25.3 Å². The lowest BCUT2D eigenvalue weighted by Gasteiger charge is -2.21. The first-order chi connectivity index (χ1) is 9.92. The first-order valence-electron chi connectivity index (χ1n) is 7.46. The number of hydrogen-bond donors (Lipinski definition) is 1. The topological polar surface area (TPSA) is 21.3 Å². The van der Waals surface area contributed by atoms with Crippen molar-refractivity contribution in [3.63, 3.8) is 0 Å². The quantitative estimate of drug-likeness (QED) is 0.898. The number of ether oxygens (including phenoxy) is 1. The van der Waals surface area contributed by atoms with Crippen LogP contribution in [-0.4, -0.2) is 13.2 Å². The van der Waals surface area contributed by atoms with Crippen LogP contribution in [0.4, 0.5) is 0 Å². The second-order valence-corrected chi connectivity index (χ2v) is 5.70. The monoisotopic (exact) mass is 265 g/mol. The van der Waals surface area contributed by atoms with E-state index in [1.807, 2.05) is 0 Å². The molecule has 2 aromatic rings. The van der Waals surface area contributed by atoms with E-state index >= 15 is 0 Å². The maximum atomic E-state index is 5.61. The largest absolute Gasteiger partial charge is 0.493 e. The van der Waals surface area contributed by atoms with Crippen LogP contribution in [0, 0.1) is 0 Å². The van der Waals surface area contributed by atoms with Gasteiger partial charge in [0.25, 0.3) is 0 Å². The maximum Gasteiger partial charge on any atom is 0.122 e. The van der Waals surface area contributed by atoms with Gasteiger partial charge in [0.2, 0.25) is 0 Å². The van der Waals surface area contributed by atoms with Crippen LogP contribution in [-0.2, 0) is 6.42 Å². The third-order valence-corrected chi connectivity index (χ3v) is 4.52. The van der Waals surface area contributed by atoms with Gasteiger partial charge in [-0.05, 0) is 35.7 Å². The van der Waals surface area contributed by atoms with Crippen LogP contribution >= 0.6 is 0 Å². The molecule has 102 valence electrons. The van der Waals surface area contributed by atoms with Gasteiger partial charge in [0, 0.05) is 18.4 Å². The van der Waals surface area contributed by atoms with Crippen molar-refractivity contribution >= 4 is 0 Å². The van der Waals surface area contributed by atoms with Crippen LogP contribution in [0.5, 0.6) is 5.75 Å². The molecule has 4 rings (SSSR count). The van der Waals surface area contributed by atoms with E-state index < -0.39 is 0 Å². The highest BCUT2D eigenvalue weighted by atomic mass is 16.5. The summed E-state index contributed by atoms with van der Waals surface area (Å²) < 4.78 is 5.61. The van der Waals surface area contributed by atoms with Gasteiger partial charge in [-0.3, -0.25) is 0 Å². The van der Waals surface area contributed by atoms with Gasteiger partial charge in [0.05, 0.1) is 6.61 Å². The Hall–Kier alpha value is -1.80. The zero-order valence-electron chi connectivity index (χ0n) is 11.5.